The molecule has 3 aliphatic rings. The number of benzene rings is 1. The van der Waals surface area contributed by atoms with Crippen molar-refractivity contribution in [1.82, 2.24) is 24.6 Å². The number of nitrogens with one attached hydrogen (secondary N) is 1. The van der Waals surface area contributed by atoms with E-state index in [1.165, 1.54) is 6.20 Å². The monoisotopic (exact) mass is 542 g/mol. The molecular weight excluding hydrogens is 520 g/mol. The van der Waals surface area contributed by atoms with Crippen molar-refractivity contribution in [2.45, 2.75) is 49.0 Å². The average Bonchev–Trinajstić information content (AvgIpc) is 3.12. The van der Waals surface area contributed by atoms with Gasteiger partial charge in [0.2, 0.25) is 5.95 Å². The molecule has 0 spiro atoms. The second-order valence-corrected chi connectivity index (χ2v) is 10.4. The fraction of sp³-hybridized carbons (Fsp3) is 0.522. The lowest BCUT2D eigenvalue weighted by atomic mass is 9.86. The normalized spacial score (nSPS) is 30.1. The largest absolute Gasteiger partial charge is 0.389 e. The summed E-state index contributed by atoms with van der Waals surface area (Å²) in [7, 11) is 0. The molecule has 6 rings (SSSR count). The van der Waals surface area contributed by atoms with Crippen molar-refractivity contribution in [2.24, 2.45) is 0 Å². The Bertz CT molecular complexity index is 1310. The van der Waals surface area contributed by atoms with Gasteiger partial charge < -0.3 is 15.2 Å². The minimum absolute atomic E-state index is 0.0440. The van der Waals surface area contributed by atoms with E-state index in [1.807, 2.05) is 4.90 Å². The first-order valence-corrected chi connectivity index (χ1v) is 12.4. The number of alkyl halides is 3. The number of aliphatic hydroxyl groups excluding tert-OH is 1. The van der Waals surface area contributed by atoms with Crippen LogP contribution in [0.25, 0.3) is 10.9 Å². The molecule has 2 aliphatic heterocycles. The van der Waals surface area contributed by atoms with Crippen LogP contribution in [0.15, 0.2) is 24.5 Å². The molecule has 36 heavy (non-hydrogen) atoms. The topological polar surface area (TPSA) is 88.3 Å². The van der Waals surface area contributed by atoms with Crippen molar-refractivity contribution in [3.63, 3.8) is 0 Å². The third-order valence-electron chi connectivity index (χ3n) is 7.23. The van der Waals surface area contributed by atoms with Crippen LogP contribution in [0.1, 0.15) is 30.4 Å². The Morgan fingerprint density at radius 2 is 2.00 bits per heavy atom. The van der Waals surface area contributed by atoms with Gasteiger partial charge in [0.1, 0.15) is 12.2 Å². The van der Waals surface area contributed by atoms with Crippen molar-refractivity contribution < 1.29 is 23.0 Å². The zero-order valence-electron chi connectivity index (χ0n) is 18.9. The standard InChI is InChI=1S/C23H23Cl2F3N6O2/c24-14-3-11-6-29-22(32-17-7-30-34(21(17)25)20-5-23(20,27)28)31-16(11)4-13(14)12-1-2-33(8-15(12)26)18-9-36-10-19(18)35/h3-4,6-7,12,15,18-20,35H,1-2,5,8-10H2,(H,29,31,32)/t12-,15+,18-,19+,20+/m1/s1. The molecule has 2 aromatic heterocycles. The Kier molecular flexibility index (Phi) is 6.03. The van der Waals surface area contributed by atoms with Gasteiger partial charge in [-0.1, -0.05) is 23.2 Å². The molecule has 1 aromatic carbocycles. The molecule has 8 nitrogen and oxygen atoms in total. The highest BCUT2D eigenvalue weighted by Crippen LogP contribution is 2.53. The maximum Gasteiger partial charge on any atom is 0.272 e. The highest BCUT2D eigenvalue weighted by molar-refractivity contribution is 6.32. The fourth-order valence-electron chi connectivity index (χ4n) is 5.11. The van der Waals surface area contributed by atoms with Crippen LogP contribution in [-0.4, -0.2) is 80.3 Å². The summed E-state index contributed by atoms with van der Waals surface area (Å²) in [5.74, 6) is -3.03. The van der Waals surface area contributed by atoms with Crippen molar-refractivity contribution in [2.75, 3.05) is 31.6 Å². The molecule has 2 saturated heterocycles. The van der Waals surface area contributed by atoms with E-state index in [0.29, 0.717) is 46.7 Å². The molecule has 0 unspecified atom stereocenters. The Hall–Kier alpha value is -2.18. The Morgan fingerprint density at radius 3 is 2.69 bits per heavy atom. The number of nitrogens with zero attached hydrogens (tertiary/aromatic N) is 5. The minimum atomic E-state index is -2.81. The van der Waals surface area contributed by atoms with Gasteiger partial charge in [0.15, 0.2) is 5.15 Å². The molecule has 3 aromatic rings. The smallest absolute Gasteiger partial charge is 0.272 e. The van der Waals surface area contributed by atoms with Gasteiger partial charge in [-0.25, -0.2) is 27.8 Å². The first-order valence-electron chi connectivity index (χ1n) is 11.7. The number of piperidine rings is 1. The summed E-state index contributed by atoms with van der Waals surface area (Å²) in [6, 6.07) is 2.23. The molecule has 2 N–H and O–H groups in total. The maximum atomic E-state index is 15.3. The first kappa shape index (κ1) is 24.2. The van der Waals surface area contributed by atoms with E-state index in [2.05, 4.69) is 20.4 Å². The fourth-order valence-corrected chi connectivity index (χ4v) is 5.67. The number of rotatable bonds is 5. The van der Waals surface area contributed by atoms with Gasteiger partial charge in [-0.2, -0.15) is 5.10 Å². The third-order valence-corrected chi connectivity index (χ3v) is 7.93. The minimum Gasteiger partial charge on any atom is -0.389 e. The predicted molar refractivity (Wildman–Crippen MR) is 128 cm³/mol. The summed E-state index contributed by atoms with van der Waals surface area (Å²) >= 11 is 12.8. The number of ether oxygens (including phenoxy) is 1. The van der Waals surface area contributed by atoms with E-state index < -0.39 is 30.2 Å². The molecule has 0 bridgehead atoms. The second kappa shape index (κ2) is 8.98. The lowest BCUT2D eigenvalue weighted by molar-refractivity contribution is 0.0353. The van der Waals surface area contributed by atoms with Gasteiger partial charge in [-0.3, -0.25) is 4.90 Å². The van der Waals surface area contributed by atoms with Crippen LogP contribution < -0.4 is 5.32 Å². The first-order chi connectivity index (χ1) is 17.2. The van der Waals surface area contributed by atoms with Gasteiger partial charge in [0, 0.05) is 35.5 Å². The van der Waals surface area contributed by atoms with Crippen LogP contribution in [0, 0.1) is 0 Å². The summed E-state index contributed by atoms with van der Waals surface area (Å²) < 4.78 is 48.6. The third kappa shape index (κ3) is 4.30. The van der Waals surface area contributed by atoms with Gasteiger partial charge in [0.25, 0.3) is 5.92 Å². The quantitative estimate of drug-likeness (QED) is 0.495. The summed E-state index contributed by atoms with van der Waals surface area (Å²) in [6.07, 6.45) is 1.38. The lowest BCUT2D eigenvalue weighted by Crippen LogP contribution is -2.50. The Morgan fingerprint density at radius 1 is 1.19 bits per heavy atom. The molecule has 1 aliphatic carbocycles. The molecule has 13 heteroatoms. The van der Waals surface area contributed by atoms with E-state index in [0.717, 1.165) is 4.68 Å². The van der Waals surface area contributed by atoms with Gasteiger partial charge in [-0.05, 0) is 30.7 Å². The van der Waals surface area contributed by atoms with Crippen LogP contribution in [-0.2, 0) is 4.74 Å². The lowest BCUT2D eigenvalue weighted by Gasteiger charge is -2.39. The van der Waals surface area contributed by atoms with E-state index in [9.17, 15) is 13.9 Å². The van der Waals surface area contributed by atoms with E-state index in [1.54, 1.807) is 18.3 Å². The number of hydrogen-bond acceptors (Lipinski definition) is 7. The molecular formula is C23H23Cl2F3N6O2. The van der Waals surface area contributed by atoms with E-state index >= 15 is 4.39 Å². The number of aromatic nitrogens is 4. The van der Waals surface area contributed by atoms with Gasteiger partial charge >= 0.3 is 0 Å². The van der Waals surface area contributed by atoms with Crippen molar-refractivity contribution in [3.8, 4) is 0 Å². The molecule has 0 radical (unpaired) electrons. The van der Waals surface area contributed by atoms with Crippen LogP contribution in [0.5, 0.6) is 0 Å². The molecule has 3 fully saturated rings. The zero-order chi connectivity index (χ0) is 25.2. The predicted octanol–water partition coefficient (Wildman–Crippen LogP) is 4.34. The van der Waals surface area contributed by atoms with Crippen LogP contribution in [0.2, 0.25) is 10.2 Å². The summed E-state index contributed by atoms with van der Waals surface area (Å²) in [5, 5.41) is 18.1. The summed E-state index contributed by atoms with van der Waals surface area (Å²) in [5.41, 5.74) is 1.52. The molecule has 0 amide bonds. The van der Waals surface area contributed by atoms with Crippen molar-refractivity contribution >= 4 is 45.7 Å². The van der Waals surface area contributed by atoms with Crippen molar-refractivity contribution in [1.29, 1.82) is 0 Å². The number of hydrogen-bond donors (Lipinski definition) is 2. The second-order valence-electron chi connectivity index (χ2n) is 9.60. The molecule has 1 saturated carbocycles. The maximum absolute atomic E-state index is 15.3. The highest BCUT2D eigenvalue weighted by atomic mass is 35.5. The van der Waals surface area contributed by atoms with Crippen molar-refractivity contribution in [3.05, 3.63) is 40.3 Å². The number of aliphatic hydroxyl groups is 1. The van der Waals surface area contributed by atoms with E-state index in [-0.39, 0.29) is 36.7 Å². The Balaban J connectivity index is 1.22. The SMILES string of the molecule is O[C@H]1COC[C@H]1N1CC[C@H](c2cc3nc(Nc4cnn([C@H]5CC5(F)F)c4Cl)ncc3cc2Cl)[C@@H](F)C1. The van der Waals surface area contributed by atoms with Gasteiger partial charge in [0.05, 0.1) is 42.8 Å². The number of anilines is 2. The van der Waals surface area contributed by atoms with Crippen LogP contribution >= 0.6 is 23.2 Å². The number of halogens is 5. The van der Waals surface area contributed by atoms with Gasteiger partial charge in [-0.15, -0.1) is 0 Å². The zero-order valence-corrected chi connectivity index (χ0v) is 20.4. The molecule has 4 heterocycles. The average molecular weight is 543 g/mol. The number of fused-ring (bicyclic) bond motifs is 1. The van der Waals surface area contributed by atoms with E-state index in [4.69, 9.17) is 27.9 Å². The Labute approximate surface area is 214 Å². The van der Waals surface area contributed by atoms with Crippen LogP contribution in [0.3, 0.4) is 0 Å². The summed E-state index contributed by atoms with van der Waals surface area (Å²) in [4.78, 5) is 10.7. The molecule has 192 valence electrons. The summed E-state index contributed by atoms with van der Waals surface area (Å²) in [6.45, 7) is 1.47. The highest BCUT2D eigenvalue weighted by Gasteiger charge is 2.59. The molecule has 5 atom stereocenters. The van der Waals surface area contributed by atoms with Crippen LogP contribution in [0.4, 0.5) is 24.8 Å². The number of likely N-dealkylation sites (tertiary alicyclic amines) is 1.